The van der Waals surface area contributed by atoms with Crippen molar-refractivity contribution in [1.29, 1.82) is 0 Å². The Labute approximate surface area is 343 Å². The second kappa shape index (κ2) is 18.6. The van der Waals surface area contributed by atoms with Gasteiger partial charge in [0.2, 0.25) is 0 Å². The molecular formula is C44H36N8Pt2. The average molecular weight is 1070 g/mol. The molecule has 0 radical (unpaired) electrons. The summed E-state index contributed by atoms with van der Waals surface area (Å²) >= 11 is 0. The average Bonchev–Trinajstić information content (AvgIpc) is 3.97. The molecule has 0 saturated carbocycles. The van der Waals surface area contributed by atoms with Crippen LogP contribution in [0.4, 0.5) is 0 Å². The number of fused-ring (bicyclic) bond motifs is 6. The number of imidazole rings is 2. The first kappa shape index (κ1) is 39.8. The summed E-state index contributed by atoms with van der Waals surface area (Å²) in [6.07, 6.45) is 7.43. The van der Waals surface area contributed by atoms with E-state index in [1.807, 2.05) is 147 Å². The molecule has 0 N–H and O–H groups in total. The first-order valence-corrected chi connectivity index (χ1v) is 16.9. The molecule has 54 heavy (non-hydrogen) atoms. The van der Waals surface area contributed by atoms with Gasteiger partial charge < -0.3 is 29.1 Å². The van der Waals surface area contributed by atoms with Crippen LogP contribution >= 0.6 is 0 Å². The molecule has 8 nitrogen and oxygen atoms in total. The summed E-state index contributed by atoms with van der Waals surface area (Å²) < 4.78 is 3.96. The van der Waals surface area contributed by atoms with Crippen LogP contribution in [0.15, 0.2) is 146 Å². The minimum Gasteiger partial charge on any atom is -0.439 e. The van der Waals surface area contributed by atoms with Gasteiger partial charge in [0.05, 0.1) is 11.6 Å². The standard InChI is InChI=1S/2C12H9N2.2C10H9N2.2Pt/c2*1-8-6-7-10-9-4-2-3-5-11(9)14-12(10)13-8;2*1-12-8-7-11-10(12)9-5-3-2-4-6-9;;/h2*2-7H,1H3;2*2-5,7-8H,1H3;;/q4*-1;2*+2. The third-order valence-corrected chi connectivity index (χ3v) is 8.41. The van der Waals surface area contributed by atoms with E-state index in [0.717, 1.165) is 67.3 Å². The second-order valence-electron chi connectivity index (χ2n) is 12.2. The molecule has 0 spiro atoms. The third-order valence-electron chi connectivity index (χ3n) is 8.41. The Morgan fingerprint density at radius 1 is 0.481 bits per heavy atom. The molecule has 272 valence electrons. The van der Waals surface area contributed by atoms with Gasteiger partial charge in [-0.1, -0.05) is 95.5 Å². The van der Waals surface area contributed by atoms with E-state index >= 15 is 0 Å². The van der Waals surface area contributed by atoms with Crippen molar-refractivity contribution >= 4 is 43.9 Å². The fraction of sp³-hybridized carbons (Fsp3) is 0.0909. The molecule has 0 fully saturated rings. The Bertz CT molecular complexity index is 2510. The molecule has 0 amide bonds. The van der Waals surface area contributed by atoms with Gasteiger partial charge in [-0.2, -0.15) is 0 Å². The van der Waals surface area contributed by atoms with E-state index in [0.29, 0.717) is 0 Å². The normalized spacial score (nSPS) is 10.3. The summed E-state index contributed by atoms with van der Waals surface area (Å²) in [7, 11) is 3.95. The fourth-order valence-corrected chi connectivity index (χ4v) is 5.82. The van der Waals surface area contributed by atoms with Crippen molar-refractivity contribution < 1.29 is 42.1 Å². The van der Waals surface area contributed by atoms with E-state index in [9.17, 15) is 0 Å². The molecule has 0 saturated heterocycles. The van der Waals surface area contributed by atoms with Gasteiger partial charge >= 0.3 is 42.1 Å². The molecule has 4 aromatic carbocycles. The molecule has 0 bridgehead atoms. The van der Waals surface area contributed by atoms with Crippen LogP contribution in [-0.4, -0.2) is 29.1 Å². The Balaban J connectivity index is 0.000000137. The number of hydrogen-bond donors (Lipinski definition) is 0. The summed E-state index contributed by atoms with van der Waals surface area (Å²) in [5.41, 5.74) is 7.86. The molecule has 6 aromatic heterocycles. The number of nitrogens with zero attached hydrogens (tertiary/aromatic N) is 8. The first-order valence-electron chi connectivity index (χ1n) is 16.9. The summed E-state index contributed by atoms with van der Waals surface area (Å²) in [6, 6.07) is 46.4. The molecule has 0 aliphatic rings. The molecule has 10 rings (SSSR count). The molecule has 10 aromatic rings. The topological polar surface area (TPSA) is 89.6 Å². The molecule has 6 heterocycles. The van der Waals surface area contributed by atoms with Crippen molar-refractivity contribution in [3.8, 4) is 22.8 Å². The van der Waals surface area contributed by atoms with E-state index in [1.54, 1.807) is 12.4 Å². The quantitative estimate of drug-likeness (QED) is 0.161. The predicted molar refractivity (Wildman–Crippen MR) is 210 cm³/mol. The van der Waals surface area contributed by atoms with Crippen molar-refractivity contribution in [3.63, 3.8) is 0 Å². The number of pyridine rings is 2. The van der Waals surface area contributed by atoms with Crippen LogP contribution < -0.4 is 9.97 Å². The van der Waals surface area contributed by atoms with Crippen LogP contribution in [-0.2, 0) is 56.2 Å². The molecule has 0 aliphatic heterocycles. The summed E-state index contributed by atoms with van der Waals surface area (Å²) in [5.74, 6) is 1.91. The van der Waals surface area contributed by atoms with Crippen LogP contribution in [0.2, 0.25) is 0 Å². The molecule has 0 atom stereocenters. The van der Waals surface area contributed by atoms with E-state index < -0.39 is 0 Å². The maximum Gasteiger partial charge on any atom is 2.00 e. The zero-order chi connectivity index (χ0) is 35.9. The van der Waals surface area contributed by atoms with Gasteiger partial charge in [0.15, 0.2) is 0 Å². The molecular weight excluding hydrogens is 1030 g/mol. The fourth-order valence-electron chi connectivity index (χ4n) is 5.82. The van der Waals surface area contributed by atoms with Crippen molar-refractivity contribution in [1.82, 2.24) is 39.0 Å². The summed E-state index contributed by atoms with van der Waals surface area (Å²) in [5, 5.41) is 4.67. The smallest absolute Gasteiger partial charge is 0.439 e. The molecule has 0 aliphatic carbocycles. The number of hydrogen-bond acceptors (Lipinski definition) is 4. The van der Waals surface area contributed by atoms with Gasteiger partial charge in [-0.05, 0) is 46.4 Å². The SMILES string of the molecule is Cc1ccc2c(n1)[n-]c1ccccc12.Cc1ccc2c(n1)[n-]c1ccccc12.Cn1ccnc1-c1[c-]cccc1.Cn1ccnc1-c1[c-]cccc1.[Pt+2].[Pt+2]. The Morgan fingerprint density at radius 3 is 1.26 bits per heavy atom. The summed E-state index contributed by atoms with van der Waals surface area (Å²) in [6.45, 7) is 3.97. The van der Waals surface area contributed by atoms with Gasteiger partial charge in [-0.15, -0.1) is 71.8 Å². The predicted octanol–water partition coefficient (Wildman–Crippen LogP) is 9.08. The van der Waals surface area contributed by atoms with E-state index in [4.69, 9.17) is 0 Å². The van der Waals surface area contributed by atoms with Crippen molar-refractivity contribution in [3.05, 3.63) is 170 Å². The van der Waals surface area contributed by atoms with Crippen LogP contribution in [0.3, 0.4) is 0 Å². The van der Waals surface area contributed by atoms with Gasteiger partial charge in [0, 0.05) is 38.9 Å². The Morgan fingerprint density at radius 2 is 0.889 bits per heavy atom. The number of rotatable bonds is 2. The first-order chi connectivity index (χ1) is 25.4. The maximum atomic E-state index is 4.46. The zero-order valence-corrected chi connectivity index (χ0v) is 34.6. The molecule has 0 unspecified atom stereocenters. The van der Waals surface area contributed by atoms with Crippen LogP contribution in [0, 0.1) is 26.0 Å². The van der Waals surface area contributed by atoms with Gasteiger partial charge in [0.1, 0.15) is 0 Å². The number of benzene rings is 4. The van der Waals surface area contributed by atoms with Crippen LogP contribution in [0.25, 0.3) is 66.6 Å². The van der Waals surface area contributed by atoms with Crippen LogP contribution in [0.5, 0.6) is 0 Å². The number of aryl methyl sites for hydroxylation is 4. The second-order valence-corrected chi connectivity index (χ2v) is 12.2. The zero-order valence-electron chi connectivity index (χ0n) is 30.1. The summed E-state index contributed by atoms with van der Waals surface area (Å²) in [4.78, 5) is 26.2. The third kappa shape index (κ3) is 9.20. The van der Waals surface area contributed by atoms with Gasteiger partial charge in [-0.25, -0.2) is 0 Å². The van der Waals surface area contributed by atoms with E-state index in [1.165, 1.54) is 10.8 Å². The monoisotopic (exact) mass is 1070 g/mol. The van der Waals surface area contributed by atoms with Crippen molar-refractivity contribution in [2.75, 3.05) is 0 Å². The maximum absolute atomic E-state index is 4.46. The van der Waals surface area contributed by atoms with Crippen molar-refractivity contribution in [2.24, 2.45) is 14.1 Å². The largest absolute Gasteiger partial charge is 2.00 e. The van der Waals surface area contributed by atoms with Crippen LogP contribution in [0.1, 0.15) is 11.4 Å². The van der Waals surface area contributed by atoms with E-state index in [-0.39, 0.29) is 42.1 Å². The van der Waals surface area contributed by atoms with Gasteiger partial charge in [0.25, 0.3) is 0 Å². The Kier molecular flexibility index (Phi) is 13.7. The number of para-hydroxylation sites is 2. The number of aromatic nitrogens is 8. The van der Waals surface area contributed by atoms with Gasteiger partial charge in [-0.3, -0.25) is 9.97 Å². The Hall–Kier alpha value is -5.42. The minimum atomic E-state index is 0. The molecule has 10 heteroatoms. The van der Waals surface area contributed by atoms with E-state index in [2.05, 4.69) is 66.3 Å². The minimum absolute atomic E-state index is 0. The van der Waals surface area contributed by atoms with Crippen molar-refractivity contribution in [2.45, 2.75) is 13.8 Å².